The third-order valence-electron chi connectivity index (χ3n) is 5.39. The summed E-state index contributed by atoms with van der Waals surface area (Å²) in [4.78, 5) is 14.2. The Hall–Kier alpha value is -4.52. The average molecular weight is 403 g/mol. The second-order valence-corrected chi connectivity index (χ2v) is 7.10. The molecule has 0 amide bonds. The van der Waals surface area contributed by atoms with E-state index in [1.54, 1.807) is 23.2 Å². The molecule has 7 heteroatoms. The van der Waals surface area contributed by atoms with Crippen LogP contribution in [0.25, 0.3) is 49.7 Å². The number of nitrogens with two attached hydrogens (primary N) is 1. The molecule has 0 saturated heterocycles. The molecule has 0 aliphatic carbocycles. The van der Waals surface area contributed by atoms with Gasteiger partial charge in [0.25, 0.3) is 0 Å². The maximum atomic E-state index is 5.48. The molecule has 0 aliphatic rings. The van der Waals surface area contributed by atoms with E-state index < -0.39 is 0 Å². The van der Waals surface area contributed by atoms with Gasteiger partial charge in [-0.15, -0.1) is 0 Å². The van der Waals surface area contributed by atoms with Crippen LogP contribution in [0.3, 0.4) is 0 Å². The van der Waals surface area contributed by atoms with Crippen molar-refractivity contribution in [1.82, 2.24) is 24.2 Å². The predicted octanol–water partition coefficient (Wildman–Crippen LogP) is 4.38. The van der Waals surface area contributed by atoms with Crippen molar-refractivity contribution in [3.8, 4) is 5.69 Å². The van der Waals surface area contributed by atoms with Gasteiger partial charge in [0.05, 0.1) is 16.4 Å². The first-order valence-electron chi connectivity index (χ1n) is 9.88. The Morgan fingerprint density at radius 3 is 2.55 bits per heavy atom. The minimum atomic E-state index is 0.725. The average Bonchev–Trinajstić information content (AvgIpc) is 3.33. The van der Waals surface area contributed by atoms with Crippen molar-refractivity contribution in [2.45, 2.75) is 0 Å². The van der Waals surface area contributed by atoms with Crippen molar-refractivity contribution in [2.75, 3.05) is 0 Å². The van der Waals surface area contributed by atoms with Crippen LogP contribution < -0.4 is 5.73 Å². The van der Waals surface area contributed by atoms with Crippen LogP contribution in [0.15, 0.2) is 90.6 Å². The fourth-order valence-corrected chi connectivity index (χ4v) is 4.17. The Labute approximate surface area is 176 Å². The number of hydrogen-bond acceptors (Lipinski definition) is 5. The molecule has 5 heterocycles. The van der Waals surface area contributed by atoms with E-state index >= 15 is 0 Å². The van der Waals surface area contributed by atoms with Gasteiger partial charge in [-0.05, 0) is 48.7 Å². The number of benzene rings is 1. The van der Waals surface area contributed by atoms with Gasteiger partial charge in [-0.3, -0.25) is 9.55 Å². The largest absolute Gasteiger partial charge is 0.405 e. The van der Waals surface area contributed by atoms with E-state index in [2.05, 4.69) is 27.9 Å². The zero-order valence-corrected chi connectivity index (χ0v) is 16.4. The van der Waals surface area contributed by atoms with Gasteiger partial charge in [-0.25, -0.2) is 14.6 Å². The van der Waals surface area contributed by atoms with E-state index in [1.807, 2.05) is 48.8 Å². The highest BCUT2D eigenvalue weighted by Crippen LogP contribution is 2.38. The molecule has 1 aromatic carbocycles. The van der Waals surface area contributed by atoms with Gasteiger partial charge in [-0.1, -0.05) is 18.2 Å². The third-order valence-corrected chi connectivity index (χ3v) is 5.39. The van der Waals surface area contributed by atoms with Crippen LogP contribution in [0.2, 0.25) is 0 Å². The van der Waals surface area contributed by atoms with Crippen molar-refractivity contribution in [3.63, 3.8) is 0 Å². The highest BCUT2D eigenvalue weighted by atomic mass is 15.4. The highest BCUT2D eigenvalue weighted by Gasteiger charge is 2.21. The second kappa shape index (κ2) is 6.77. The molecule has 6 aromatic rings. The summed E-state index contributed by atoms with van der Waals surface area (Å²) in [5.74, 6) is 0. The van der Waals surface area contributed by atoms with Crippen molar-refractivity contribution in [1.29, 1.82) is 0 Å². The zero-order valence-electron chi connectivity index (χ0n) is 16.4. The number of pyridine rings is 3. The summed E-state index contributed by atoms with van der Waals surface area (Å²) < 4.78 is 3.98. The van der Waals surface area contributed by atoms with Gasteiger partial charge < -0.3 is 5.73 Å². The summed E-state index contributed by atoms with van der Waals surface area (Å²) in [6.45, 7) is 0. The molecule has 0 radical (unpaired) electrons. The Bertz CT molecular complexity index is 1640. The lowest BCUT2D eigenvalue weighted by atomic mass is 10.2. The first-order valence-corrected chi connectivity index (χ1v) is 9.88. The summed E-state index contributed by atoms with van der Waals surface area (Å²) in [6, 6.07) is 18.1. The Kier molecular flexibility index (Phi) is 3.79. The molecule has 7 nitrogen and oxygen atoms in total. The van der Waals surface area contributed by atoms with Gasteiger partial charge in [0.2, 0.25) is 0 Å². The molecule has 0 spiro atoms. The molecule has 2 N–H and O–H groups in total. The van der Waals surface area contributed by atoms with E-state index in [4.69, 9.17) is 20.7 Å². The third kappa shape index (κ3) is 2.47. The van der Waals surface area contributed by atoms with Crippen LogP contribution in [-0.4, -0.2) is 30.4 Å². The first-order chi connectivity index (χ1) is 15.4. The molecular formula is C24H17N7. The van der Waals surface area contributed by atoms with Crippen LogP contribution in [0.5, 0.6) is 0 Å². The second-order valence-electron chi connectivity index (χ2n) is 7.10. The molecule has 0 bridgehead atoms. The van der Waals surface area contributed by atoms with Gasteiger partial charge in [0, 0.05) is 41.3 Å². The Morgan fingerprint density at radius 1 is 0.839 bits per heavy atom. The van der Waals surface area contributed by atoms with Crippen molar-refractivity contribution in [3.05, 3.63) is 85.5 Å². The molecule has 148 valence electrons. The van der Waals surface area contributed by atoms with Crippen LogP contribution in [0.4, 0.5) is 0 Å². The van der Waals surface area contributed by atoms with Gasteiger partial charge in [-0.2, -0.15) is 5.10 Å². The minimum absolute atomic E-state index is 0.725. The van der Waals surface area contributed by atoms with Crippen molar-refractivity contribution in [2.24, 2.45) is 10.8 Å². The molecule has 6 rings (SSSR count). The van der Waals surface area contributed by atoms with Gasteiger partial charge >= 0.3 is 0 Å². The summed E-state index contributed by atoms with van der Waals surface area (Å²) in [7, 11) is 0. The quantitative estimate of drug-likeness (QED) is 0.444. The lowest BCUT2D eigenvalue weighted by Gasteiger charge is -2.07. The number of hydrogen-bond donors (Lipinski definition) is 1. The topological polar surface area (TPSA) is 86.9 Å². The Balaban J connectivity index is 1.88. The zero-order chi connectivity index (χ0) is 20.8. The first kappa shape index (κ1) is 17.3. The number of rotatable bonds is 3. The molecule has 5 aromatic heterocycles. The Morgan fingerprint density at radius 2 is 1.68 bits per heavy atom. The van der Waals surface area contributed by atoms with E-state index in [0.717, 1.165) is 49.7 Å². The van der Waals surface area contributed by atoms with E-state index in [9.17, 15) is 0 Å². The van der Waals surface area contributed by atoms with Crippen LogP contribution >= 0.6 is 0 Å². The number of para-hydroxylation sites is 1. The molecule has 0 saturated carbocycles. The number of fused-ring (bicyclic) bond motifs is 7. The fourth-order valence-electron chi connectivity index (χ4n) is 4.17. The molecule has 31 heavy (non-hydrogen) atoms. The van der Waals surface area contributed by atoms with Crippen LogP contribution in [0.1, 0.15) is 0 Å². The van der Waals surface area contributed by atoms with Crippen molar-refractivity contribution >= 4 is 50.2 Å². The summed E-state index contributed by atoms with van der Waals surface area (Å²) >= 11 is 0. The van der Waals surface area contributed by atoms with Gasteiger partial charge in [0.15, 0.2) is 5.65 Å². The lowest BCUT2D eigenvalue weighted by molar-refractivity contribution is 0.955. The fraction of sp³-hybridized carbons (Fsp3) is 0. The monoisotopic (exact) mass is 403 g/mol. The smallest absolute Gasteiger partial charge is 0.165 e. The molecule has 0 atom stereocenters. The SMILES string of the molecule is N/C=C\C=N/n1c2cccnc2c2c1ncc1c3cccnc3n(-c3ccccc3)c12. The number of nitrogens with zero attached hydrogens (tertiary/aromatic N) is 6. The van der Waals surface area contributed by atoms with E-state index in [-0.39, 0.29) is 0 Å². The molecular weight excluding hydrogens is 386 g/mol. The summed E-state index contributed by atoms with van der Waals surface area (Å²) in [5, 5.41) is 7.57. The minimum Gasteiger partial charge on any atom is -0.405 e. The standard InChI is InChI=1S/C24H17N7/c25-11-6-14-29-31-19-10-5-12-26-21(19)20-22-18(15-28-24(20)31)17-9-4-13-27-23(17)30(22)16-7-2-1-3-8-16/h1-15H,25H2/b11-6-,29-14-. The van der Waals surface area contributed by atoms with Crippen molar-refractivity contribution < 1.29 is 0 Å². The van der Waals surface area contributed by atoms with Crippen LogP contribution in [0, 0.1) is 0 Å². The normalized spacial score (nSPS) is 12.4. The lowest BCUT2D eigenvalue weighted by Crippen LogP contribution is -1.96. The molecule has 0 aliphatic heterocycles. The highest BCUT2D eigenvalue weighted by molar-refractivity contribution is 6.23. The number of allylic oxidation sites excluding steroid dienone is 1. The maximum Gasteiger partial charge on any atom is 0.165 e. The summed E-state index contributed by atoms with van der Waals surface area (Å²) in [5.41, 5.74) is 10.8. The van der Waals surface area contributed by atoms with E-state index in [0.29, 0.717) is 0 Å². The predicted molar refractivity (Wildman–Crippen MR) is 124 cm³/mol. The molecule has 0 fully saturated rings. The maximum absolute atomic E-state index is 5.48. The number of aromatic nitrogens is 5. The summed E-state index contributed by atoms with van der Waals surface area (Å²) in [6.07, 6.45) is 10.3. The molecule has 0 unspecified atom stereocenters. The van der Waals surface area contributed by atoms with Gasteiger partial charge in [0.1, 0.15) is 11.2 Å². The van der Waals surface area contributed by atoms with Crippen LogP contribution in [-0.2, 0) is 0 Å². The van der Waals surface area contributed by atoms with E-state index in [1.165, 1.54) is 6.20 Å².